The van der Waals surface area contributed by atoms with Crippen LogP contribution in [0.15, 0.2) is 30.3 Å². The number of aromatic nitrogens is 3. The lowest BCUT2D eigenvalue weighted by atomic mass is 9.57. The zero-order chi connectivity index (χ0) is 28.7. The van der Waals surface area contributed by atoms with Crippen LogP contribution in [0.25, 0.3) is 5.69 Å². The van der Waals surface area contributed by atoms with E-state index >= 15 is 0 Å². The van der Waals surface area contributed by atoms with E-state index in [1.54, 1.807) is 0 Å². The summed E-state index contributed by atoms with van der Waals surface area (Å²) in [6.45, 7) is 2.14. The Morgan fingerprint density at radius 2 is 1.76 bits per heavy atom. The fourth-order valence-electron chi connectivity index (χ4n) is 7.01. The molecule has 0 radical (unpaired) electrons. The van der Waals surface area contributed by atoms with Gasteiger partial charge in [0, 0.05) is 67.3 Å². The molecule has 2 saturated heterocycles. The molecular formula is C28H28ClF5N6O. The molecule has 4 heterocycles. The van der Waals surface area contributed by atoms with Gasteiger partial charge in [0.25, 0.3) is 0 Å². The molecule has 1 saturated carbocycles. The predicted molar refractivity (Wildman–Crippen MR) is 141 cm³/mol. The van der Waals surface area contributed by atoms with Crippen LogP contribution in [0.4, 0.5) is 27.6 Å². The number of methoxy groups -OCH3 is 1. The van der Waals surface area contributed by atoms with Crippen molar-refractivity contribution in [2.75, 3.05) is 44.7 Å². The third kappa shape index (κ3) is 4.73. The van der Waals surface area contributed by atoms with Gasteiger partial charge >= 0.3 is 6.18 Å². The van der Waals surface area contributed by atoms with Crippen molar-refractivity contribution >= 4 is 17.3 Å². The topological polar surface area (TPSA) is 49.7 Å². The number of ether oxygens (including phenoxy) is 1. The molecule has 0 amide bonds. The van der Waals surface area contributed by atoms with E-state index in [-0.39, 0.29) is 23.1 Å². The molecule has 13 heteroatoms. The fraction of sp³-hybridized carbons (Fsp3) is 0.500. The van der Waals surface area contributed by atoms with E-state index in [4.69, 9.17) is 16.3 Å². The fourth-order valence-corrected chi connectivity index (χ4v) is 7.20. The Morgan fingerprint density at radius 1 is 1.00 bits per heavy atom. The van der Waals surface area contributed by atoms with E-state index in [2.05, 4.69) is 19.7 Å². The van der Waals surface area contributed by atoms with Gasteiger partial charge in [-0.25, -0.2) is 8.78 Å². The first-order chi connectivity index (χ1) is 19.5. The van der Waals surface area contributed by atoms with E-state index in [0.29, 0.717) is 50.0 Å². The highest BCUT2D eigenvalue weighted by Gasteiger charge is 2.54. The van der Waals surface area contributed by atoms with E-state index in [9.17, 15) is 22.0 Å². The molecule has 1 aliphatic carbocycles. The van der Waals surface area contributed by atoms with E-state index < -0.39 is 24.4 Å². The zero-order valence-electron chi connectivity index (χ0n) is 22.3. The average Bonchev–Trinajstić information content (AvgIpc) is 3.15. The standard InChI is InChI=1S/C28H28ClF5N6O/c1-41-24-6-23(20(30)5-21(24)31)39-13-27(14-39)7-17(8-27)26-36-35-25-12-38(19-10-37(11-19)15-28(32,33)34)9-16-4-18(29)2-3-22(16)40(25)26/h2-6,17,19H,7-15H2,1H3. The number of rotatable bonds is 5. The molecule has 3 aliphatic heterocycles. The lowest BCUT2D eigenvalue weighted by Crippen LogP contribution is -2.62. The zero-order valence-corrected chi connectivity index (χ0v) is 23.0. The average molecular weight is 595 g/mol. The lowest BCUT2D eigenvalue weighted by Gasteiger charge is -2.59. The molecule has 1 spiro atoms. The van der Waals surface area contributed by atoms with Gasteiger partial charge in [-0.05, 0) is 36.6 Å². The van der Waals surface area contributed by atoms with Crippen molar-refractivity contribution in [3.05, 3.63) is 64.2 Å². The highest BCUT2D eigenvalue weighted by Crippen LogP contribution is 2.57. The number of halogens is 6. The molecule has 0 N–H and O–H groups in total. The maximum Gasteiger partial charge on any atom is 0.401 e. The van der Waals surface area contributed by atoms with Gasteiger partial charge < -0.3 is 9.64 Å². The number of hydrogen-bond donors (Lipinski definition) is 0. The monoisotopic (exact) mass is 594 g/mol. The second-order valence-electron chi connectivity index (χ2n) is 11.9. The molecule has 2 aromatic carbocycles. The van der Waals surface area contributed by atoms with Crippen molar-refractivity contribution in [3.8, 4) is 11.4 Å². The van der Waals surface area contributed by atoms with Crippen LogP contribution in [0.1, 0.15) is 36.0 Å². The van der Waals surface area contributed by atoms with Crippen molar-refractivity contribution < 1.29 is 26.7 Å². The summed E-state index contributed by atoms with van der Waals surface area (Å²) in [7, 11) is 1.36. The van der Waals surface area contributed by atoms with Crippen molar-refractivity contribution in [2.24, 2.45) is 5.41 Å². The highest BCUT2D eigenvalue weighted by molar-refractivity contribution is 6.30. The third-order valence-electron chi connectivity index (χ3n) is 8.95. The molecule has 3 aromatic rings. The van der Waals surface area contributed by atoms with E-state index in [0.717, 1.165) is 41.8 Å². The molecule has 7 rings (SSSR count). The van der Waals surface area contributed by atoms with Gasteiger partial charge in [-0.3, -0.25) is 14.4 Å². The smallest absolute Gasteiger partial charge is 0.401 e. The van der Waals surface area contributed by atoms with Gasteiger partial charge in [-0.1, -0.05) is 11.6 Å². The van der Waals surface area contributed by atoms with Gasteiger partial charge in [-0.15, -0.1) is 10.2 Å². The molecule has 41 heavy (non-hydrogen) atoms. The number of hydrogen-bond acceptors (Lipinski definition) is 6. The Morgan fingerprint density at radius 3 is 2.46 bits per heavy atom. The Balaban J connectivity index is 1.08. The number of alkyl halides is 3. The van der Waals surface area contributed by atoms with Crippen LogP contribution < -0.4 is 9.64 Å². The number of likely N-dealkylation sites (tertiary alicyclic amines) is 1. The van der Waals surface area contributed by atoms with Gasteiger partial charge in [0.2, 0.25) is 0 Å². The minimum absolute atomic E-state index is 0.0164. The summed E-state index contributed by atoms with van der Waals surface area (Å²) in [4.78, 5) is 5.48. The van der Waals surface area contributed by atoms with Crippen LogP contribution in [-0.2, 0) is 13.1 Å². The summed E-state index contributed by atoms with van der Waals surface area (Å²) in [6, 6.07) is 7.94. The first-order valence-corrected chi connectivity index (χ1v) is 13.9. The van der Waals surface area contributed by atoms with Crippen LogP contribution in [-0.4, -0.2) is 76.6 Å². The molecule has 1 aromatic heterocycles. The predicted octanol–water partition coefficient (Wildman–Crippen LogP) is 5.15. The van der Waals surface area contributed by atoms with Crippen molar-refractivity contribution in [1.82, 2.24) is 24.6 Å². The first-order valence-electron chi connectivity index (χ1n) is 13.5. The van der Waals surface area contributed by atoms with Gasteiger partial charge in [0.05, 0.1) is 31.6 Å². The van der Waals surface area contributed by atoms with E-state index in [1.165, 1.54) is 18.1 Å². The Kier molecular flexibility index (Phi) is 6.26. The summed E-state index contributed by atoms with van der Waals surface area (Å²) in [5.74, 6) is 0.458. The molecule has 7 nitrogen and oxygen atoms in total. The van der Waals surface area contributed by atoms with Crippen LogP contribution >= 0.6 is 11.6 Å². The number of benzene rings is 2. The van der Waals surface area contributed by atoms with Crippen molar-refractivity contribution in [2.45, 2.75) is 44.1 Å². The normalized spacial score (nSPS) is 21.1. The SMILES string of the molecule is COc1cc(N2CC3(CC(c4nnc5n4-c4ccc(Cl)cc4CN(C4CN(CC(F)(F)F)C4)C5)C3)C2)c(F)cc1F. The van der Waals surface area contributed by atoms with Crippen molar-refractivity contribution in [3.63, 3.8) is 0 Å². The Labute approximate surface area is 238 Å². The minimum atomic E-state index is -4.21. The summed E-state index contributed by atoms with van der Waals surface area (Å²) in [5, 5.41) is 9.73. The van der Waals surface area contributed by atoms with Crippen LogP contribution in [0, 0.1) is 17.0 Å². The molecule has 218 valence electrons. The minimum Gasteiger partial charge on any atom is -0.494 e. The molecule has 0 bridgehead atoms. The van der Waals surface area contributed by atoms with Gasteiger partial charge in [-0.2, -0.15) is 13.2 Å². The second-order valence-corrected chi connectivity index (χ2v) is 12.3. The molecule has 0 unspecified atom stereocenters. The highest BCUT2D eigenvalue weighted by atomic mass is 35.5. The maximum atomic E-state index is 14.5. The molecule has 3 fully saturated rings. The number of nitrogens with zero attached hydrogens (tertiary/aromatic N) is 6. The lowest BCUT2D eigenvalue weighted by molar-refractivity contribution is -0.161. The first kappa shape index (κ1) is 26.9. The maximum absolute atomic E-state index is 14.5. The summed E-state index contributed by atoms with van der Waals surface area (Å²) < 4.78 is 74.0. The Bertz CT molecular complexity index is 1490. The van der Waals surface area contributed by atoms with Crippen LogP contribution in [0.5, 0.6) is 5.75 Å². The summed E-state index contributed by atoms with van der Waals surface area (Å²) in [5.41, 5.74) is 2.29. The van der Waals surface area contributed by atoms with Gasteiger partial charge in [0.15, 0.2) is 17.4 Å². The number of fused-ring (bicyclic) bond motifs is 3. The number of anilines is 1. The quantitative estimate of drug-likeness (QED) is 0.381. The Hall–Kier alpha value is -2.96. The molecule has 0 atom stereocenters. The van der Waals surface area contributed by atoms with Crippen LogP contribution in [0.3, 0.4) is 0 Å². The largest absolute Gasteiger partial charge is 0.494 e. The van der Waals surface area contributed by atoms with Gasteiger partial charge in [0.1, 0.15) is 11.6 Å². The molecule has 4 aliphatic rings. The summed E-state index contributed by atoms with van der Waals surface area (Å²) in [6.07, 6.45) is -2.48. The second kappa shape index (κ2) is 9.53. The van der Waals surface area contributed by atoms with Crippen LogP contribution in [0.2, 0.25) is 5.02 Å². The third-order valence-corrected chi connectivity index (χ3v) is 9.19. The molecular weight excluding hydrogens is 567 g/mol. The summed E-state index contributed by atoms with van der Waals surface area (Å²) >= 11 is 6.36. The van der Waals surface area contributed by atoms with E-state index in [1.807, 2.05) is 23.1 Å². The van der Waals surface area contributed by atoms with Crippen molar-refractivity contribution in [1.29, 1.82) is 0 Å².